The summed E-state index contributed by atoms with van der Waals surface area (Å²) in [5.74, 6) is -1.04. The van der Waals surface area contributed by atoms with E-state index >= 15 is 0 Å². The van der Waals surface area contributed by atoms with Gasteiger partial charge in [-0.15, -0.1) is 0 Å². The van der Waals surface area contributed by atoms with Crippen molar-refractivity contribution in [2.75, 3.05) is 5.32 Å². The third-order valence-electron chi connectivity index (χ3n) is 1.75. The first-order chi connectivity index (χ1) is 7.09. The quantitative estimate of drug-likeness (QED) is 0.819. The highest BCUT2D eigenvalue weighted by atomic mass is 19.1. The van der Waals surface area contributed by atoms with E-state index in [-0.39, 0.29) is 30.2 Å². The van der Waals surface area contributed by atoms with Gasteiger partial charge in [-0.3, -0.25) is 9.78 Å². The fourth-order valence-corrected chi connectivity index (χ4v) is 0.979. The molecule has 1 N–H and O–H groups in total. The minimum Gasteiger partial charge on any atom is -0.323 e. The average molecular weight is 210 g/mol. The second-order valence-corrected chi connectivity index (χ2v) is 3.11. The van der Waals surface area contributed by atoms with Gasteiger partial charge in [0.25, 0.3) is 0 Å². The first kappa shape index (κ1) is 11.3. The lowest BCUT2D eigenvalue weighted by Crippen LogP contribution is -2.13. The van der Waals surface area contributed by atoms with E-state index in [4.69, 9.17) is 0 Å². The van der Waals surface area contributed by atoms with Crippen molar-refractivity contribution in [3.63, 3.8) is 0 Å². The van der Waals surface area contributed by atoms with Crippen LogP contribution in [0.5, 0.6) is 0 Å². The van der Waals surface area contributed by atoms with Crippen LogP contribution in [0.25, 0.3) is 0 Å². The molecule has 0 radical (unpaired) electrons. The number of pyridine rings is 1. The molecule has 0 aromatic carbocycles. The summed E-state index contributed by atoms with van der Waals surface area (Å²) < 4.78 is 13.0. The summed E-state index contributed by atoms with van der Waals surface area (Å²) >= 11 is 0. The van der Waals surface area contributed by atoms with E-state index in [0.29, 0.717) is 0 Å². The Morgan fingerprint density at radius 1 is 1.47 bits per heavy atom. The molecule has 0 spiro atoms. The summed E-state index contributed by atoms with van der Waals surface area (Å²) in [6, 6.07) is 1.36. The van der Waals surface area contributed by atoms with Crippen molar-refractivity contribution >= 4 is 17.4 Å². The molecular formula is C10H11FN2O2. The van der Waals surface area contributed by atoms with Crippen LogP contribution >= 0.6 is 0 Å². The van der Waals surface area contributed by atoms with Gasteiger partial charge in [-0.2, -0.15) is 0 Å². The van der Waals surface area contributed by atoms with Crippen LogP contribution < -0.4 is 5.32 Å². The molecule has 1 aromatic heterocycles. The Labute approximate surface area is 86.5 Å². The number of ketones is 1. The summed E-state index contributed by atoms with van der Waals surface area (Å²) in [4.78, 5) is 25.4. The first-order valence-corrected chi connectivity index (χ1v) is 4.48. The zero-order valence-electron chi connectivity index (χ0n) is 8.29. The van der Waals surface area contributed by atoms with E-state index in [0.717, 1.165) is 6.20 Å². The molecule has 0 aliphatic carbocycles. The molecule has 0 fully saturated rings. The first-order valence-electron chi connectivity index (χ1n) is 4.48. The minimum atomic E-state index is -0.589. The number of Topliss-reactive ketones (excluding diaryl/α,β-unsaturated/α-hetero) is 1. The van der Waals surface area contributed by atoms with Crippen LogP contribution in [0.4, 0.5) is 10.1 Å². The summed E-state index contributed by atoms with van der Waals surface area (Å²) in [6.07, 6.45) is 2.62. The normalized spacial score (nSPS) is 9.73. The topological polar surface area (TPSA) is 59.1 Å². The molecule has 0 atom stereocenters. The number of aromatic nitrogens is 1. The second-order valence-electron chi connectivity index (χ2n) is 3.11. The molecule has 0 saturated carbocycles. The van der Waals surface area contributed by atoms with Crippen LogP contribution in [0.3, 0.4) is 0 Å². The molecule has 0 aliphatic rings. The highest BCUT2D eigenvalue weighted by molar-refractivity contribution is 5.93. The number of anilines is 1. The number of nitrogens with zero attached hydrogens (tertiary/aromatic N) is 1. The summed E-state index contributed by atoms with van der Waals surface area (Å²) in [5.41, 5.74) is 0.0820. The van der Waals surface area contributed by atoms with Gasteiger partial charge in [0.2, 0.25) is 5.91 Å². The van der Waals surface area contributed by atoms with Crippen LogP contribution in [-0.2, 0) is 9.59 Å². The number of halogens is 1. The van der Waals surface area contributed by atoms with Gasteiger partial charge in [0, 0.05) is 19.0 Å². The number of nitrogens with one attached hydrogen (secondary N) is 1. The molecule has 0 aliphatic heterocycles. The van der Waals surface area contributed by atoms with Gasteiger partial charge in [0.05, 0.1) is 11.9 Å². The fourth-order valence-electron chi connectivity index (χ4n) is 0.979. The molecule has 1 heterocycles. The predicted molar refractivity (Wildman–Crippen MR) is 52.7 cm³/mol. The molecule has 0 bridgehead atoms. The van der Waals surface area contributed by atoms with Gasteiger partial charge >= 0.3 is 0 Å². The van der Waals surface area contributed by atoms with Crippen molar-refractivity contribution in [3.05, 3.63) is 24.3 Å². The number of carbonyl (C=O) groups excluding carboxylic acids is 2. The summed E-state index contributed by atoms with van der Waals surface area (Å²) in [5, 5.41) is 2.36. The Morgan fingerprint density at radius 3 is 2.80 bits per heavy atom. The van der Waals surface area contributed by atoms with Gasteiger partial charge in [-0.25, -0.2) is 4.39 Å². The van der Waals surface area contributed by atoms with Crippen molar-refractivity contribution in [2.45, 2.75) is 19.8 Å². The largest absolute Gasteiger partial charge is 0.323 e. The summed E-state index contributed by atoms with van der Waals surface area (Å²) in [7, 11) is 0. The van der Waals surface area contributed by atoms with E-state index in [1.54, 1.807) is 0 Å². The monoisotopic (exact) mass is 210 g/mol. The van der Waals surface area contributed by atoms with Crippen LogP contribution in [0.1, 0.15) is 19.8 Å². The van der Waals surface area contributed by atoms with Gasteiger partial charge in [-0.1, -0.05) is 0 Å². The number of carbonyl (C=O) groups is 2. The molecule has 0 unspecified atom stereocenters. The molecule has 15 heavy (non-hydrogen) atoms. The minimum absolute atomic E-state index is 0.0666. The zero-order chi connectivity index (χ0) is 11.3. The molecular weight excluding hydrogens is 199 g/mol. The molecule has 1 aromatic rings. The maximum absolute atomic E-state index is 13.0. The molecule has 0 saturated heterocycles. The van der Waals surface area contributed by atoms with E-state index in [1.807, 2.05) is 0 Å². The number of hydrogen-bond acceptors (Lipinski definition) is 3. The Bertz CT molecular complexity index is 379. The molecule has 5 heteroatoms. The Balaban J connectivity index is 2.52. The maximum atomic E-state index is 13.0. The van der Waals surface area contributed by atoms with Crippen LogP contribution in [0, 0.1) is 5.82 Å². The molecule has 1 amide bonds. The lowest BCUT2D eigenvalue weighted by atomic mass is 10.2. The number of rotatable bonds is 4. The zero-order valence-corrected chi connectivity index (χ0v) is 8.29. The second kappa shape index (κ2) is 5.19. The van der Waals surface area contributed by atoms with Gasteiger partial charge in [0.1, 0.15) is 5.78 Å². The maximum Gasteiger partial charge on any atom is 0.224 e. The van der Waals surface area contributed by atoms with Crippen LogP contribution in [0.15, 0.2) is 18.5 Å². The van der Waals surface area contributed by atoms with Crippen molar-refractivity contribution in [3.8, 4) is 0 Å². The lowest BCUT2D eigenvalue weighted by Gasteiger charge is -2.04. The number of amides is 1. The van der Waals surface area contributed by atoms with Crippen molar-refractivity contribution < 1.29 is 14.0 Å². The highest BCUT2D eigenvalue weighted by Crippen LogP contribution is 2.11. The molecule has 1 rings (SSSR count). The van der Waals surface area contributed by atoms with E-state index in [2.05, 4.69) is 10.3 Å². The SMILES string of the molecule is CC(=O)CCC(=O)Nc1ccncc1F. The van der Waals surface area contributed by atoms with E-state index < -0.39 is 5.82 Å². The summed E-state index contributed by atoms with van der Waals surface area (Å²) in [6.45, 7) is 1.40. The van der Waals surface area contributed by atoms with E-state index in [9.17, 15) is 14.0 Å². The van der Waals surface area contributed by atoms with Crippen LogP contribution in [-0.4, -0.2) is 16.7 Å². The average Bonchev–Trinajstić information content (AvgIpc) is 2.18. The van der Waals surface area contributed by atoms with Gasteiger partial charge in [0.15, 0.2) is 5.82 Å². The van der Waals surface area contributed by atoms with Crippen molar-refractivity contribution in [2.24, 2.45) is 0 Å². The van der Waals surface area contributed by atoms with E-state index in [1.165, 1.54) is 19.2 Å². The highest BCUT2D eigenvalue weighted by Gasteiger charge is 2.07. The van der Waals surface area contributed by atoms with Gasteiger partial charge in [-0.05, 0) is 13.0 Å². The van der Waals surface area contributed by atoms with Crippen molar-refractivity contribution in [1.29, 1.82) is 0 Å². The number of hydrogen-bond donors (Lipinski definition) is 1. The third kappa shape index (κ3) is 3.84. The standard InChI is InChI=1S/C10H11FN2O2/c1-7(14)2-3-10(15)13-9-4-5-12-6-8(9)11/h4-6H,2-3H2,1H3,(H,12,13,15). The molecule has 80 valence electrons. The smallest absolute Gasteiger partial charge is 0.224 e. The van der Waals surface area contributed by atoms with Crippen LogP contribution in [0.2, 0.25) is 0 Å². The molecule has 4 nitrogen and oxygen atoms in total. The lowest BCUT2D eigenvalue weighted by molar-refractivity contribution is -0.121. The fraction of sp³-hybridized carbons (Fsp3) is 0.300. The third-order valence-corrected chi connectivity index (χ3v) is 1.75. The van der Waals surface area contributed by atoms with Gasteiger partial charge < -0.3 is 10.1 Å². The van der Waals surface area contributed by atoms with Crippen molar-refractivity contribution in [1.82, 2.24) is 4.98 Å². The predicted octanol–water partition coefficient (Wildman–Crippen LogP) is 1.53. The Kier molecular flexibility index (Phi) is 3.91. The Hall–Kier alpha value is -1.78. The Morgan fingerprint density at radius 2 is 2.20 bits per heavy atom.